The average molecular weight is 351 g/mol. The summed E-state index contributed by atoms with van der Waals surface area (Å²) >= 11 is 0. The van der Waals surface area contributed by atoms with Gasteiger partial charge < -0.3 is 9.88 Å². The number of aromatic amines is 1. The van der Waals surface area contributed by atoms with E-state index in [4.69, 9.17) is 0 Å². The lowest BCUT2D eigenvalue weighted by molar-refractivity contribution is 0.445. The van der Waals surface area contributed by atoms with Crippen LogP contribution in [0.3, 0.4) is 0 Å². The summed E-state index contributed by atoms with van der Waals surface area (Å²) in [6, 6.07) is 10.1. The molecule has 0 radical (unpaired) electrons. The van der Waals surface area contributed by atoms with E-state index in [-0.39, 0.29) is 11.9 Å². The Morgan fingerprint density at radius 1 is 1.15 bits per heavy atom. The van der Waals surface area contributed by atoms with Gasteiger partial charge in [0.1, 0.15) is 12.2 Å². The van der Waals surface area contributed by atoms with Crippen molar-refractivity contribution in [2.45, 2.75) is 38.6 Å². The molecular weight excluding hydrogens is 329 g/mol. The van der Waals surface area contributed by atoms with Crippen LogP contribution in [0.25, 0.3) is 11.3 Å². The predicted molar refractivity (Wildman–Crippen MR) is 99.3 cm³/mol. The molecule has 26 heavy (non-hydrogen) atoms. The number of hydrogen-bond donors (Lipinski definition) is 1. The summed E-state index contributed by atoms with van der Waals surface area (Å²) in [4.78, 5) is 18.4. The molecule has 4 rings (SSSR count). The lowest BCUT2D eigenvalue weighted by atomic mass is 10.0. The van der Waals surface area contributed by atoms with Gasteiger partial charge >= 0.3 is 0 Å². The molecule has 6 heteroatoms. The molecule has 3 aromatic rings. The average Bonchev–Trinajstić information content (AvgIpc) is 3.19. The van der Waals surface area contributed by atoms with Crippen molar-refractivity contribution in [3.63, 3.8) is 0 Å². The molecule has 0 saturated carbocycles. The van der Waals surface area contributed by atoms with Crippen LogP contribution in [-0.4, -0.2) is 26.5 Å². The zero-order valence-corrected chi connectivity index (χ0v) is 14.8. The quantitative estimate of drug-likeness (QED) is 0.761. The summed E-state index contributed by atoms with van der Waals surface area (Å²) < 4.78 is 14.8. The van der Waals surface area contributed by atoms with Crippen molar-refractivity contribution >= 4 is 5.82 Å². The SMILES string of the molecule is CCc1ncnc(N2CCCCC2c2ncc(-c3ccccc3)[nH]2)c1F. The molecule has 0 aliphatic carbocycles. The molecule has 134 valence electrons. The fraction of sp³-hybridized carbons (Fsp3) is 0.350. The van der Waals surface area contributed by atoms with Gasteiger partial charge in [0.15, 0.2) is 11.6 Å². The number of piperidine rings is 1. The molecule has 1 saturated heterocycles. The molecule has 3 heterocycles. The molecule has 1 aromatic carbocycles. The first-order chi connectivity index (χ1) is 12.8. The lowest BCUT2D eigenvalue weighted by Crippen LogP contribution is -2.35. The molecule has 0 amide bonds. The first-order valence-corrected chi connectivity index (χ1v) is 9.14. The van der Waals surface area contributed by atoms with Crippen LogP contribution in [0.4, 0.5) is 10.2 Å². The van der Waals surface area contributed by atoms with Gasteiger partial charge in [0.05, 0.1) is 23.6 Å². The van der Waals surface area contributed by atoms with E-state index in [1.54, 1.807) is 0 Å². The second-order valence-electron chi connectivity index (χ2n) is 6.56. The highest BCUT2D eigenvalue weighted by Crippen LogP contribution is 2.35. The van der Waals surface area contributed by atoms with Gasteiger partial charge in [-0.25, -0.2) is 19.3 Å². The van der Waals surface area contributed by atoms with Gasteiger partial charge in [0.25, 0.3) is 0 Å². The highest BCUT2D eigenvalue weighted by molar-refractivity contribution is 5.58. The third-order valence-electron chi connectivity index (χ3n) is 4.95. The van der Waals surface area contributed by atoms with E-state index < -0.39 is 0 Å². The number of imidazole rings is 1. The van der Waals surface area contributed by atoms with Crippen molar-refractivity contribution in [3.8, 4) is 11.3 Å². The van der Waals surface area contributed by atoms with Gasteiger partial charge in [0.2, 0.25) is 0 Å². The Balaban J connectivity index is 1.68. The number of aryl methyl sites for hydroxylation is 1. The fourth-order valence-electron chi connectivity index (χ4n) is 3.58. The van der Waals surface area contributed by atoms with Gasteiger partial charge in [0, 0.05) is 6.54 Å². The lowest BCUT2D eigenvalue weighted by Gasteiger charge is -2.35. The Labute approximate surface area is 152 Å². The number of aromatic nitrogens is 4. The van der Waals surface area contributed by atoms with E-state index in [0.717, 1.165) is 42.9 Å². The van der Waals surface area contributed by atoms with E-state index in [9.17, 15) is 4.39 Å². The minimum atomic E-state index is -0.309. The number of hydrogen-bond acceptors (Lipinski definition) is 4. The monoisotopic (exact) mass is 351 g/mol. The molecule has 0 spiro atoms. The molecule has 1 N–H and O–H groups in total. The predicted octanol–water partition coefficient (Wildman–Crippen LogP) is 4.30. The van der Waals surface area contributed by atoms with Crippen LogP contribution in [-0.2, 0) is 6.42 Å². The highest BCUT2D eigenvalue weighted by atomic mass is 19.1. The van der Waals surface area contributed by atoms with Gasteiger partial charge in [-0.15, -0.1) is 0 Å². The third-order valence-corrected chi connectivity index (χ3v) is 4.95. The van der Waals surface area contributed by atoms with E-state index >= 15 is 0 Å². The van der Waals surface area contributed by atoms with Crippen LogP contribution in [0.5, 0.6) is 0 Å². The Bertz CT molecular complexity index is 877. The van der Waals surface area contributed by atoms with Crippen LogP contribution in [0.15, 0.2) is 42.9 Å². The van der Waals surface area contributed by atoms with Gasteiger partial charge in [-0.3, -0.25) is 0 Å². The summed E-state index contributed by atoms with van der Waals surface area (Å²) in [5.41, 5.74) is 2.53. The molecular formula is C20H22FN5. The summed E-state index contributed by atoms with van der Waals surface area (Å²) in [5, 5.41) is 0. The van der Waals surface area contributed by atoms with Crippen molar-refractivity contribution in [1.82, 2.24) is 19.9 Å². The number of rotatable bonds is 4. The summed E-state index contributed by atoms with van der Waals surface area (Å²) in [6.07, 6.45) is 6.90. The number of nitrogens with one attached hydrogen (secondary N) is 1. The number of anilines is 1. The summed E-state index contributed by atoms with van der Waals surface area (Å²) in [6.45, 7) is 2.67. The van der Waals surface area contributed by atoms with Crippen LogP contribution >= 0.6 is 0 Å². The smallest absolute Gasteiger partial charge is 0.187 e. The van der Waals surface area contributed by atoms with E-state index in [0.29, 0.717) is 17.9 Å². The van der Waals surface area contributed by atoms with Crippen molar-refractivity contribution in [2.24, 2.45) is 0 Å². The molecule has 5 nitrogen and oxygen atoms in total. The maximum absolute atomic E-state index is 14.8. The second kappa shape index (κ2) is 7.23. The first kappa shape index (κ1) is 16.7. The number of halogens is 1. The minimum Gasteiger partial charge on any atom is -0.344 e. The Kier molecular flexibility index (Phi) is 4.65. The third kappa shape index (κ3) is 3.07. The zero-order chi connectivity index (χ0) is 17.9. The topological polar surface area (TPSA) is 57.7 Å². The fourth-order valence-corrected chi connectivity index (χ4v) is 3.58. The summed E-state index contributed by atoms with van der Waals surface area (Å²) in [5.74, 6) is 0.940. The Morgan fingerprint density at radius 2 is 2.00 bits per heavy atom. The van der Waals surface area contributed by atoms with Crippen LogP contribution < -0.4 is 4.90 Å². The second-order valence-corrected chi connectivity index (χ2v) is 6.56. The largest absolute Gasteiger partial charge is 0.344 e. The van der Waals surface area contributed by atoms with E-state index in [1.165, 1.54) is 6.33 Å². The number of H-pyrrole nitrogens is 1. The number of benzene rings is 1. The van der Waals surface area contributed by atoms with Crippen molar-refractivity contribution in [3.05, 3.63) is 60.2 Å². The number of nitrogens with zero attached hydrogens (tertiary/aromatic N) is 4. The molecule has 1 aliphatic heterocycles. The van der Waals surface area contributed by atoms with Crippen molar-refractivity contribution < 1.29 is 4.39 Å². The first-order valence-electron chi connectivity index (χ1n) is 9.14. The van der Waals surface area contributed by atoms with E-state index in [2.05, 4.69) is 19.9 Å². The molecule has 0 bridgehead atoms. The van der Waals surface area contributed by atoms with Crippen LogP contribution in [0.2, 0.25) is 0 Å². The molecule has 1 unspecified atom stereocenters. The standard InChI is InChI=1S/C20H22FN5/c1-2-15-18(21)20(24-13-23-15)26-11-7-6-10-17(26)19-22-12-16(25-19)14-8-4-3-5-9-14/h3-5,8-9,12-13,17H,2,6-7,10-11H2,1H3,(H,22,25). The molecule has 1 fully saturated rings. The van der Waals surface area contributed by atoms with Gasteiger partial charge in [-0.1, -0.05) is 37.3 Å². The normalized spacial score (nSPS) is 17.5. The van der Waals surface area contributed by atoms with E-state index in [1.807, 2.05) is 48.4 Å². The molecule has 1 aliphatic rings. The van der Waals surface area contributed by atoms with Gasteiger partial charge in [-0.2, -0.15) is 0 Å². The van der Waals surface area contributed by atoms with Crippen molar-refractivity contribution in [2.75, 3.05) is 11.4 Å². The van der Waals surface area contributed by atoms with Crippen molar-refractivity contribution in [1.29, 1.82) is 0 Å². The van der Waals surface area contributed by atoms with Crippen LogP contribution in [0, 0.1) is 5.82 Å². The zero-order valence-electron chi connectivity index (χ0n) is 14.8. The van der Waals surface area contributed by atoms with Crippen LogP contribution in [0.1, 0.15) is 43.7 Å². The maximum Gasteiger partial charge on any atom is 0.187 e. The Morgan fingerprint density at radius 3 is 2.81 bits per heavy atom. The Hall–Kier alpha value is -2.76. The van der Waals surface area contributed by atoms with Gasteiger partial charge in [-0.05, 0) is 31.2 Å². The molecule has 1 atom stereocenters. The minimum absolute atomic E-state index is 0.00433. The highest BCUT2D eigenvalue weighted by Gasteiger charge is 2.30. The maximum atomic E-state index is 14.8. The summed E-state index contributed by atoms with van der Waals surface area (Å²) in [7, 11) is 0. The molecule has 2 aromatic heterocycles.